The van der Waals surface area contributed by atoms with Gasteiger partial charge in [0.05, 0.1) is 50.8 Å². The molecule has 0 saturated carbocycles. The minimum Gasteiger partial charge on any atom is -0.378 e. The van der Waals surface area contributed by atoms with Gasteiger partial charge in [-0.2, -0.15) is 15.5 Å². The van der Waals surface area contributed by atoms with Gasteiger partial charge in [-0.1, -0.05) is 11.3 Å². The Morgan fingerprint density at radius 1 is 1.13 bits per heavy atom. The SMILES string of the molecule is CN(C)c1ccc(/N=N/c2nc(N3CC[N+](C)(C)CC3)c(C=C(C#N)C#N)s2)cc1. The molecule has 1 aromatic carbocycles. The number of quaternary nitrogens is 1. The third-order valence-corrected chi connectivity index (χ3v) is 5.88. The minimum atomic E-state index is 0.0517. The lowest BCUT2D eigenvalue weighted by molar-refractivity contribution is -0.890. The molecule has 0 radical (unpaired) electrons. The van der Waals surface area contributed by atoms with Crippen LogP contribution in [-0.4, -0.2) is 63.8 Å². The molecule has 1 fully saturated rings. The largest absolute Gasteiger partial charge is 0.378 e. The standard InChI is InChI=1S/C21H25N8S/c1-27(2)18-7-5-17(6-8-18)25-26-21-24-20(19(30-21)13-16(14-22)15-23)28-9-11-29(3,4)12-10-28/h5-8,13H,9-12H2,1-4H3/q+1/b26-25+. The molecular formula is C21H25N8S+. The van der Waals surface area contributed by atoms with E-state index in [1.807, 2.05) is 55.4 Å². The van der Waals surface area contributed by atoms with E-state index in [1.165, 1.54) is 11.3 Å². The molecule has 1 aliphatic rings. The predicted molar refractivity (Wildman–Crippen MR) is 120 cm³/mol. The van der Waals surface area contributed by atoms with Gasteiger partial charge in [-0.15, -0.1) is 10.2 Å². The summed E-state index contributed by atoms with van der Waals surface area (Å²) in [7, 11) is 8.40. The van der Waals surface area contributed by atoms with Crippen molar-refractivity contribution in [3.63, 3.8) is 0 Å². The molecular weight excluding hydrogens is 396 g/mol. The summed E-state index contributed by atoms with van der Waals surface area (Å²) in [5, 5.41) is 27.4. The van der Waals surface area contributed by atoms with Crippen LogP contribution in [-0.2, 0) is 0 Å². The molecule has 9 heteroatoms. The fraction of sp³-hybridized carbons (Fsp3) is 0.381. The zero-order valence-electron chi connectivity index (χ0n) is 17.7. The Morgan fingerprint density at radius 2 is 1.77 bits per heavy atom. The smallest absolute Gasteiger partial charge is 0.232 e. The summed E-state index contributed by atoms with van der Waals surface area (Å²) < 4.78 is 0.961. The van der Waals surface area contributed by atoms with Crippen LogP contribution < -0.4 is 9.80 Å². The van der Waals surface area contributed by atoms with Gasteiger partial charge in [0.25, 0.3) is 0 Å². The van der Waals surface area contributed by atoms with Gasteiger partial charge >= 0.3 is 0 Å². The Balaban J connectivity index is 1.88. The van der Waals surface area contributed by atoms with Crippen LogP contribution in [0.4, 0.5) is 22.3 Å². The molecule has 0 spiro atoms. The number of benzene rings is 1. The van der Waals surface area contributed by atoms with Crippen LogP contribution in [0.3, 0.4) is 0 Å². The van der Waals surface area contributed by atoms with Gasteiger partial charge in [0, 0.05) is 19.8 Å². The van der Waals surface area contributed by atoms with Crippen molar-refractivity contribution in [3.8, 4) is 12.1 Å². The van der Waals surface area contributed by atoms with Gasteiger partial charge < -0.3 is 14.3 Å². The summed E-state index contributed by atoms with van der Waals surface area (Å²) >= 11 is 1.33. The molecule has 1 aromatic heterocycles. The van der Waals surface area contributed by atoms with E-state index in [1.54, 1.807) is 6.08 Å². The normalized spacial score (nSPS) is 15.5. The average Bonchev–Trinajstić information content (AvgIpc) is 3.13. The number of aromatic nitrogens is 1. The van der Waals surface area contributed by atoms with Gasteiger partial charge in [0.2, 0.25) is 5.13 Å². The Kier molecular flexibility index (Phi) is 6.46. The van der Waals surface area contributed by atoms with Crippen LogP contribution in [0.5, 0.6) is 0 Å². The zero-order chi connectivity index (χ0) is 21.7. The second-order valence-corrected chi connectivity index (χ2v) is 8.96. The Morgan fingerprint density at radius 3 is 2.33 bits per heavy atom. The van der Waals surface area contributed by atoms with Gasteiger partial charge in [0.15, 0.2) is 0 Å². The second kappa shape index (κ2) is 9.04. The maximum Gasteiger partial charge on any atom is 0.232 e. The topological polar surface area (TPSA) is 91.7 Å². The molecule has 0 N–H and O–H groups in total. The summed E-state index contributed by atoms with van der Waals surface area (Å²) in [6.07, 6.45) is 1.59. The number of hydrogen-bond acceptors (Lipinski definition) is 8. The fourth-order valence-corrected chi connectivity index (χ4v) is 3.89. The highest BCUT2D eigenvalue weighted by Gasteiger charge is 2.27. The zero-order valence-corrected chi connectivity index (χ0v) is 18.5. The van der Waals surface area contributed by atoms with Crippen molar-refractivity contribution in [1.29, 1.82) is 10.5 Å². The molecule has 2 heterocycles. The predicted octanol–water partition coefficient (Wildman–Crippen LogP) is 3.95. The maximum atomic E-state index is 9.16. The van der Waals surface area contributed by atoms with Crippen molar-refractivity contribution in [3.05, 3.63) is 34.7 Å². The first kappa shape index (κ1) is 21.4. The molecule has 30 heavy (non-hydrogen) atoms. The monoisotopic (exact) mass is 421 g/mol. The van der Waals surface area contributed by atoms with Gasteiger partial charge in [-0.3, -0.25) is 0 Å². The lowest BCUT2D eigenvalue weighted by Gasteiger charge is -2.39. The van der Waals surface area contributed by atoms with Crippen molar-refractivity contribution >= 4 is 39.7 Å². The summed E-state index contributed by atoms with van der Waals surface area (Å²) in [6.45, 7) is 3.71. The number of anilines is 2. The van der Waals surface area contributed by atoms with E-state index in [4.69, 9.17) is 10.5 Å². The quantitative estimate of drug-likeness (QED) is 0.414. The summed E-state index contributed by atoms with van der Waals surface area (Å²) in [6, 6.07) is 11.6. The van der Waals surface area contributed by atoms with Crippen LogP contribution in [0.2, 0.25) is 0 Å². The van der Waals surface area contributed by atoms with Crippen LogP contribution in [0.25, 0.3) is 6.08 Å². The van der Waals surface area contributed by atoms with E-state index in [-0.39, 0.29) is 5.57 Å². The van der Waals surface area contributed by atoms with E-state index in [2.05, 4.69) is 34.2 Å². The van der Waals surface area contributed by atoms with Crippen LogP contribution >= 0.6 is 11.3 Å². The van der Waals surface area contributed by atoms with Crippen LogP contribution in [0.15, 0.2) is 40.1 Å². The van der Waals surface area contributed by atoms with Crippen molar-refractivity contribution in [2.24, 2.45) is 10.2 Å². The molecule has 0 amide bonds. The fourth-order valence-electron chi connectivity index (χ4n) is 3.03. The minimum absolute atomic E-state index is 0.0517. The Labute approximate surface area is 181 Å². The Hall–Kier alpha value is -3.27. The second-order valence-electron chi connectivity index (χ2n) is 7.95. The third kappa shape index (κ3) is 5.20. The number of hydrogen-bond donors (Lipinski definition) is 0. The number of azo groups is 1. The third-order valence-electron chi connectivity index (χ3n) is 5.01. The van der Waals surface area contributed by atoms with Gasteiger partial charge in [-0.05, 0) is 30.3 Å². The highest BCUT2D eigenvalue weighted by atomic mass is 32.1. The number of allylic oxidation sites excluding steroid dienone is 1. The summed E-state index contributed by atoms with van der Waals surface area (Å²) in [4.78, 5) is 9.65. The van der Waals surface area contributed by atoms with E-state index in [0.29, 0.717) is 5.13 Å². The number of likely N-dealkylation sites (N-methyl/N-ethyl adjacent to an activating group) is 1. The number of nitriles is 2. The average molecular weight is 422 g/mol. The van der Waals surface area contributed by atoms with Crippen molar-refractivity contribution in [2.75, 3.05) is 64.2 Å². The van der Waals surface area contributed by atoms with E-state index < -0.39 is 0 Å². The summed E-state index contributed by atoms with van der Waals surface area (Å²) in [5.41, 5.74) is 1.88. The van der Waals surface area contributed by atoms with Crippen molar-refractivity contribution in [2.45, 2.75) is 0 Å². The molecule has 3 rings (SSSR count). The number of nitrogens with zero attached hydrogens (tertiary/aromatic N) is 8. The van der Waals surface area contributed by atoms with Crippen molar-refractivity contribution < 1.29 is 4.48 Å². The molecule has 154 valence electrons. The number of piperazine rings is 1. The molecule has 2 aromatic rings. The van der Waals surface area contributed by atoms with Gasteiger partial charge in [-0.25, -0.2) is 0 Å². The first-order valence-corrected chi connectivity index (χ1v) is 10.4. The lowest BCUT2D eigenvalue weighted by atomic mass is 10.2. The van der Waals surface area contributed by atoms with Gasteiger partial charge in [0.1, 0.15) is 23.5 Å². The number of rotatable bonds is 5. The van der Waals surface area contributed by atoms with Crippen LogP contribution in [0.1, 0.15) is 4.88 Å². The van der Waals surface area contributed by atoms with E-state index >= 15 is 0 Å². The van der Waals surface area contributed by atoms with Crippen molar-refractivity contribution in [1.82, 2.24) is 4.98 Å². The van der Waals surface area contributed by atoms with E-state index in [0.717, 1.165) is 52.7 Å². The molecule has 8 nitrogen and oxygen atoms in total. The molecule has 0 unspecified atom stereocenters. The Bertz CT molecular complexity index is 1010. The molecule has 1 saturated heterocycles. The maximum absolute atomic E-state index is 9.16. The highest BCUT2D eigenvalue weighted by Crippen LogP contribution is 2.35. The molecule has 0 atom stereocenters. The highest BCUT2D eigenvalue weighted by molar-refractivity contribution is 7.16. The lowest BCUT2D eigenvalue weighted by Crippen LogP contribution is -2.55. The summed E-state index contributed by atoms with van der Waals surface area (Å²) in [5.74, 6) is 0.764. The molecule has 1 aliphatic heterocycles. The number of thiazole rings is 1. The first-order valence-electron chi connectivity index (χ1n) is 9.60. The van der Waals surface area contributed by atoms with E-state index in [9.17, 15) is 0 Å². The molecule has 0 aliphatic carbocycles. The molecule has 0 bridgehead atoms. The first-order chi connectivity index (χ1) is 14.3. The van der Waals surface area contributed by atoms with Crippen LogP contribution in [0, 0.1) is 22.7 Å².